The summed E-state index contributed by atoms with van der Waals surface area (Å²) < 4.78 is 10.6. The lowest BCUT2D eigenvalue weighted by Crippen LogP contribution is -2.47. The highest BCUT2D eigenvalue weighted by molar-refractivity contribution is 7.80. The van der Waals surface area contributed by atoms with Gasteiger partial charge < -0.3 is 24.3 Å². The highest BCUT2D eigenvalue weighted by Gasteiger charge is 2.26. The molecule has 0 spiro atoms. The molecule has 1 aromatic heterocycles. The van der Waals surface area contributed by atoms with Crippen LogP contribution < -0.4 is 5.32 Å². The number of rotatable bonds is 6. The molecule has 1 aliphatic heterocycles. The number of nitrogens with zero attached hydrogens (tertiary/aromatic N) is 2. The molecule has 0 unspecified atom stereocenters. The minimum Gasteiger partial charge on any atom is -0.467 e. The average molecular weight is 402 g/mol. The van der Waals surface area contributed by atoms with Crippen molar-refractivity contribution in [3.05, 3.63) is 54.0 Å². The first kappa shape index (κ1) is 20.4. The number of carbonyl (C=O) groups is 1. The molecule has 0 atom stereocenters. The Balaban J connectivity index is 1.69. The average Bonchev–Trinajstić information content (AvgIpc) is 3.21. The second-order valence-corrected chi connectivity index (χ2v) is 7.36. The molecule has 1 aromatic carbocycles. The Morgan fingerprint density at radius 2 is 2.00 bits per heavy atom. The van der Waals surface area contributed by atoms with Crippen LogP contribution in [0, 0.1) is 0 Å². The zero-order chi connectivity index (χ0) is 19.9. The Hall–Kier alpha value is -2.38. The van der Waals surface area contributed by atoms with Crippen molar-refractivity contribution in [1.82, 2.24) is 9.80 Å². The number of nitrogens with one attached hydrogen (secondary N) is 1. The van der Waals surface area contributed by atoms with E-state index >= 15 is 0 Å². The maximum Gasteiger partial charge on any atom is 0.338 e. The molecule has 6 nitrogen and oxygen atoms in total. The Morgan fingerprint density at radius 3 is 2.61 bits per heavy atom. The number of piperidine rings is 1. The zero-order valence-electron chi connectivity index (χ0n) is 16.4. The van der Waals surface area contributed by atoms with E-state index in [9.17, 15) is 4.79 Å². The van der Waals surface area contributed by atoms with Crippen LogP contribution in [0.4, 0.5) is 5.69 Å². The molecular formula is C21H27N3O3S. The van der Waals surface area contributed by atoms with Gasteiger partial charge in [-0.3, -0.25) is 0 Å². The maximum atomic E-state index is 11.8. The van der Waals surface area contributed by atoms with Gasteiger partial charge in [0.1, 0.15) is 5.76 Å². The van der Waals surface area contributed by atoms with Crippen molar-refractivity contribution in [2.24, 2.45) is 0 Å². The molecule has 1 aliphatic rings. The van der Waals surface area contributed by atoms with Crippen molar-refractivity contribution in [2.45, 2.75) is 32.4 Å². The number of furan rings is 1. The zero-order valence-corrected chi connectivity index (χ0v) is 17.2. The number of carbonyl (C=O) groups excluding carboxylic acids is 1. The third-order valence-electron chi connectivity index (χ3n) is 4.94. The fourth-order valence-electron chi connectivity index (χ4n) is 3.34. The van der Waals surface area contributed by atoms with Crippen molar-refractivity contribution >= 4 is 29.0 Å². The summed E-state index contributed by atoms with van der Waals surface area (Å²) >= 11 is 5.73. The van der Waals surface area contributed by atoms with E-state index in [-0.39, 0.29) is 5.97 Å². The van der Waals surface area contributed by atoms with Crippen molar-refractivity contribution in [1.29, 1.82) is 0 Å². The molecule has 0 bridgehead atoms. The van der Waals surface area contributed by atoms with E-state index in [2.05, 4.69) is 22.2 Å². The Bertz CT molecular complexity index is 769. The number of ether oxygens (including phenoxy) is 1. The van der Waals surface area contributed by atoms with Gasteiger partial charge >= 0.3 is 5.97 Å². The summed E-state index contributed by atoms with van der Waals surface area (Å²) in [7, 11) is 2.15. The van der Waals surface area contributed by atoms with Gasteiger partial charge in [0.2, 0.25) is 0 Å². The first-order valence-electron chi connectivity index (χ1n) is 9.62. The van der Waals surface area contributed by atoms with E-state index in [0.717, 1.165) is 37.4 Å². The van der Waals surface area contributed by atoms with E-state index in [0.29, 0.717) is 29.9 Å². The molecule has 7 heteroatoms. The summed E-state index contributed by atoms with van der Waals surface area (Å²) in [5.41, 5.74) is 1.37. The van der Waals surface area contributed by atoms with Gasteiger partial charge in [0, 0.05) is 11.7 Å². The van der Waals surface area contributed by atoms with E-state index < -0.39 is 0 Å². The third-order valence-corrected chi connectivity index (χ3v) is 5.28. The van der Waals surface area contributed by atoms with Crippen LogP contribution in [0.2, 0.25) is 0 Å². The Labute approximate surface area is 171 Å². The predicted octanol–water partition coefficient (Wildman–Crippen LogP) is 3.75. The third kappa shape index (κ3) is 5.33. The number of hydrogen-bond acceptors (Lipinski definition) is 5. The van der Waals surface area contributed by atoms with Crippen molar-refractivity contribution in [2.75, 3.05) is 32.1 Å². The lowest BCUT2D eigenvalue weighted by Gasteiger charge is -2.38. The van der Waals surface area contributed by atoms with Gasteiger partial charge in [0.25, 0.3) is 0 Å². The highest BCUT2D eigenvalue weighted by Crippen LogP contribution is 2.21. The van der Waals surface area contributed by atoms with Crippen molar-refractivity contribution in [3.8, 4) is 0 Å². The van der Waals surface area contributed by atoms with Crippen molar-refractivity contribution in [3.63, 3.8) is 0 Å². The monoisotopic (exact) mass is 401 g/mol. The molecular weight excluding hydrogens is 374 g/mol. The number of hydrogen-bond donors (Lipinski definition) is 1. The lowest BCUT2D eigenvalue weighted by atomic mass is 10.0. The minimum absolute atomic E-state index is 0.317. The van der Waals surface area contributed by atoms with Gasteiger partial charge in [0.05, 0.1) is 25.0 Å². The molecule has 0 saturated carbocycles. The topological polar surface area (TPSA) is 58.0 Å². The van der Waals surface area contributed by atoms with Crippen LogP contribution in [-0.2, 0) is 11.3 Å². The summed E-state index contributed by atoms with van der Waals surface area (Å²) in [6, 6.07) is 11.4. The van der Waals surface area contributed by atoms with Gasteiger partial charge in [0.15, 0.2) is 5.11 Å². The standard InChI is InChI=1S/C21H27N3O3S/c1-3-26-20(25)16-6-8-17(9-7-16)22-21(28)24(15-19-5-4-14-27-19)18-10-12-23(2)13-11-18/h4-9,14,18H,3,10-13,15H2,1-2H3,(H,22,28). The largest absolute Gasteiger partial charge is 0.467 e. The second-order valence-electron chi connectivity index (χ2n) is 6.97. The van der Waals surface area contributed by atoms with Crippen LogP contribution in [0.1, 0.15) is 35.9 Å². The summed E-state index contributed by atoms with van der Waals surface area (Å²) in [5, 5.41) is 3.97. The van der Waals surface area contributed by atoms with Gasteiger partial charge in [-0.2, -0.15) is 0 Å². The number of esters is 1. The molecule has 150 valence electrons. The van der Waals surface area contributed by atoms with Crippen LogP contribution in [-0.4, -0.2) is 53.7 Å². The normalized spacial score (nSPS) is 15.2. The molecule has 3 rings (SSSR count). The van der Waals surface area contributed by atoms with E-state index in [1.165, 1.54) is 0 Å². The number of thiocarbonyl (C=S) groups is 1. The number of benzene rings is 1. The summed E-state index contributed by atoms with van der Waals surface area (Å²) in [4.78, 5) is 16.4. The fourth-order valence-corrected chi connectivity index (χ4v) is 3.67. The van der Waals surface area contributed by atoms with Crippen LogP contribution >= 0.6 is 12.2 Å². The molecule has 1 fully saturated rings. The van der Waals surface area contributed by atoms with Crippen LogP contribution in [0.15, 0.2) is 47.1 Å². The van der Waals surface area contributed by atoms with E-state index in [1.807, 2.05) is 24.3 Å². The van der Waals surface area contributed by atoms with Crippen LogP contribution in [0.5, 0.6) is 0 Å². The van der Waals surface area contributed by atoms with Crippen LogP contribution in [0.25, 0.3) is 0 Å². The molecule has 0 aliphatic carbocycles. The van der Waals surface area contributed by atoms with Crippen LogP contribution in [0.3, 0.4) is 0 Å². The fraction of sp³-hybridized carbons (Fsp3) is 0.429. The number of anilines is 1. The highest BCUT2D eigenvalue weighted by atomic mass is 32.1. The smallest absolute Gasteiger partial charge is 0.338 e. The number of likely N-dealkylation sites (tertiary alicyclic amines) is 1. The minimum atomic E-state index is -0.317. The summed E-state index contributed by atoms with van der Waals surface area (Å²) in [5.74, 6) is 0.572. The molecule has 2 aromatic rings. The predicted molar refractivity (Wildman–Crippen MR) is 113 cm³/mol. The van der Waals surface area contributed by atoms with Crippen molar-refractivity contribution < 1.29 is 13.9 Å². The van der Waals surface area contributed by atoms with Gasteiger partial charge in [-0.1, -0.05) is 0 Å². The summed E-state index contributed by atoms with van der Waals surface area (Å²) in [6.45, 7) is 4.89. The SMILES string of the molecule is CCOC(=O)c1ccc(NC(=S)N(Cc2ccco2)C2CCN(C)CC2)cc1. The molecule has 2 heterocycles. The Morgan fingerprint density at radius 1 is 1.29 bits per heavy atom. The quantitative estimate of drug-likeness (QED) is 0.584. The van der Waals surface area contributed by atoms with Gasteiger partial charge in [-0.25, -0.2) is 4.79 Å². The molecule has 0 amide bonds. The second kappa shape index (κ2) is 9.71. The van der Waals surface area contributed by atoms with Gasteiger partial charge in [-0.05, 0) is 88.5 Å². The summed E-state index contributed by atoms with van der Waals surface area (Å²) in [6.07, 6.45) is 3.80. The van der Waals surface area contributed by atoms with E-state index in [4.69, 9.17) is 21.4 Å². The first-order valence-corrected chi connectivity index (χ1v) is 10.0. The molecule has 0 radical (unpaired) electrons. The molecule has 1 N–H and O–H groups in total. The lowest BCUT2D eigenvalue weighted by molar-refractivity contribution is 0.0526. The van der Waals surface area contributed by atoms with Gasteiger partial charge in [-0.15, -0.1) is 0 Å². The first-order chi connectivity index (χ1) is 13.6. The van der Waals surface area contributed by atoms with E-state index in [1.54, 1.807) is 25.3 Å². The Kier molecular flexibility index (Phi) is 7.06. The molecule has 1 saturated heterocycles. The maximum absolute atomic E-state index is 11.8. The molecule has 28 heavy (non-hydrogen) atoms.